The minimum Gasteiger partial charge on any atom is -0.484 e. The van der Waals surface area contributed by atoms with E-state index in [-0.39, 0.29) is 18.3 Å². The van der Waals surface area contributed by atoms with Crippen LogP contribution in [0.25, 0.3) is 10.2 Å². The van der Waals surface area contributed by atoms with Crippen molar-refractivity contribution in [3.63, 3.8) is 0 Å². The molecule has 0 aliphatic carbocycles. The SMILES string of the molecule is Cc1ccc(C)c2sc(N(Cc3ccccc3)C(=O)COc3ccc(F)cc3)nc12. The van der Waals surface area contributed by atoms with E-state index in [9.17, 15) is 9.18 Å². The largest absolute Gasteiger partial charge is 0.484 e. The van der Waals surface area contributed by atoms with Crippen molar-refractivity contribution < 1.29 is 13.9 Å². The number of benzene rings is 3. The summed E-state index contributed by atoms with van der Waals surface area (Å²) < 4.78 is 19.8. The fourth-order valence-corrected chi connectivity index (χ4v) is 4.27. The lowest BCUT2D eigenvalue weighted by molar-refractivity contribution is -0.120. The number of carbonyl (C=O) groups is 1. The quantitative estimate of drug-likeness (QED) is 0.404. The molecule has 152 valence electrons. The summed E-state index contributed by atoms with van der Waals surface area (Å²) in [6.07, 6.45) is 0. The number of fused-ring (bicyclic) bond motifs is 1. The Bertz CT molecular complexity index is 1130. The van der Waals surface area contributed by atoms with Crippen molar-refractivity contribution in [2.24, 2.45) is 0 Å². The van der Waals surface area contributed by atoms with Gasteiger partial charge in [0, 0.05) is 0 Å². The number of hydrogen-bond acceptors (Lipinski definition) is 4. The Hall–Kier alpha value is -3.25. The van der Waals surface area contributed by atoms with Gasteiger partial charge in [0.25, 0.3) is 5.91 Å². The van der Waals surface area contributed by atoms with E-state index >= 15 is 0 Å². The maximum Gasteiger partial charge on any atom is 0.267 e. The molecule has 1 amide bonds. The van der Waals surface area contributed by atoms with E-state index < -0.39 is 0 Å². The summed E-state index contributed by atoms with van der Waals surface area (Å²) in [5, 5.41) is 0.638. The first-order chi connectivity index (χ1) is 14.5. The van der Waals surface area contributed by atoms with Crippen LogP contribution in [0.4, 0.5) is 9.52 Å². The smallest absolute Gasteiger partial charge is 0.267 e. The first kappa shape index (κ1) is 20.0. The van der Waals surface area contributed by atoms with Gasteiger partial charge in [-0.05, 0) is 54.8 Å². The zero-order valence-corrected chi connectivity index (χ0v) is 17.6. The number of aryl methyl sites for hydroxylation is 2. The van der Waals surface area contributed by atoms with Crippen molar-refractivity contribution >= 4 is 32.6 Å². The highest BCUT2D eigenvalue weighted by Crippen LogP contribution is 2.33. The molecule has 0 atom stereocenters. The normalized spacial score (nSPS) is 10.9. The number of halogens is 1. The van der Waals surface area contributed by atoms with Crippen LogP contribution in [0.5, 0.6) is 5.75 Å². The van der Waals surface area contributed by atoms with Crippen LogP contribution in [-0.2, 0) is 11.3 Å². The molecule has 4 nitrogen and oxygen atoms in total. The van der Waals surface area contributed by atoms with Crippen molar-refractivity contribution in [2.75, 3.05) is 11.5 Å². The topological polar surface area (TPSA) is 42.4 Å². The van der Waals surface area contributed by atoms with Gasteiger partial charge in [-0.3, -0.25) is 9.69 Å². The number of hydrogen-bond donors (Lipinski definition) is 0. The Morgan fingerprint density at radius 2 is 1.70 bits per heavy atom. The minimum absolute atomic E-state index is 0.160. The molecule has 0 fully saturated rings. The fourth-order valence-electron chi connectivity index (χ4n) is 3.15. The van der Waals surface area contributed by atoms with Crippen LogP contribution in [0.1, 0.15) is 16.7 Å². The molecule has 0 bridgehead atoms. The molecule has 0 saturated heterocycles. The molecule has 4 rings (SSSR count). The summed E-state index contributed by atoms with van der Waals surface area (Å²) in [6, 6.07) is 19.5. The van der Waals surface area contributed by atoms with Gasteiger partial charge in [0.05, 0.1) is 16.8 Å². The number of anilines is 1. The van der Waals surface area contributed by atoms with Crippen molar-refractivity contribution in [3.8, 4) is 5.75 Å². The van der Waals surface area contributed by atoms with Crippen LogP contribution in [0.15, 0.2) is 66.7 Å². The van der Waals surface area contributed by atoms with Crippen LogP contribution >= 0.6 is 11.3 Å². The predicted octanol–water partition coefficient (Wildman–Crippen LogP) is 5.66. The molecular weight excluding hydrogens is 399 g/mol. The van der Waals surface area contributed by atoms with Gasteiger partial charge < -0.3 is 4.74 Å². The highest BCUT2D eigenvalue weighted by molar-refractivity contribution is 7.22. The van der Waals surface area contributed by atoms with Crippen LogP contribution < -0.4 is 9.64 Å². The van der Waals surface area contributed by atoms with Gasteiger partial charge in [0.2, 0.25) is 0 Å². The van der Waals surface area contributed by atoms with Crippen LogP contribution in [0.2, 0.25) is 0 Å². The standard InChI is InChI=1S/C24H21FN2O2S/c1-16-8-9-17(2)23-22(16)26-24(30-23)27(14-18-6-4-3-5-7-18)21(28)15-29-20-12-10-19(25)11-13-20/h3-13H,14-15H2,1-2H3. The van der Waals surface area contributed by atoms with E-state index in [2.05, 4.69) is 6.07 Å². The van der Waals surface area contributed by atoms with Gasteiger partial charge >= 0.3 is 0 Å². The van der Waals surface area contributed by atoms with E-state index in [4.69, 9.17) is 9.72 Å². The first-order valence-corrected chi connectivity index (χ1v) is 10.4. The molecule has 3 aromatic carbocycles. The van der Waals surface area contributed by atoms with Crippen molar-refractivity contribution in [2.45, 2.75) is 20.4 Å². The molecule has 6 heteroatoms. The van der Waals surface area contributed by atoms with Gasteiger partial charge in [-0.1, -0.05) is 53.8 Å². The molecule has 0 aliphatic heterocycles. The zero-order chi connectivity index (χ0) is 21.1. The van der Waals surface area contributed by atoms with Gasteiger partial charge in [-0.25, -0.2) is 9.37 Å². The number of nitrogens with zero attached hydrogens (tertiary/aromatic N) is 2. The summed E-state index contributed by atoms with van der Waals surface area (Å²) in [5.74, 6) is -0.113. The number of carbonyl (C=O) groups excluding carboxylic acids is 1. The van der Waals surface area contributed by atoms with Crippen LogP contribution in [-0.4, -0.2) is 17.5 Å². The average Bonchev–Trinajstić information content (AvgIpc) is 3.21. The molecule has 0 unspecified atom stereocenters. The highest BCUT2D eigenvalue weighted by Gasteiger charge is 2.22. The summed E-state index contributed by atoms with van der Waals surface area (Å²) in [7, 11) is 0. The minimum atomic E-state index is -0.348. The number of amides is 1. The summed E-state index contributed by atoms with van der Waals surface area (Å²) in [4.78, 5) is 19.6. The Morgan fingerprint density at radius 1 is 1.00 bits per heavy atom. The maximum atomic E-state index is 13.1. The molecule has 1 aromatic heterocycles. The van der Waals surface area contributed by atoms with E-state index in [0.717, 1.165) is 26.9 Å². The van der Waals surface area contributed by atoms with Crippen molar-refractivity contribution in [1.82, 2.24) is 4.98 Å². The highest BCUT2D eigenvalue weighted by atomic mass is 32.1. The first-order valence-electron chi connectivity index (χ1n) is 9.60. The van der Waals surface area contributed by atoms with Gasteiger partial charge in [0.1, 0.15) is 11.6 Å². The monoisotopic (exact) mass is 420 g/mol. The number of aromatic nitrogens is 1. The van der Waals surface area contributed by atoms with Crippen LogP contribution in [0.3, 0.4) is 0 Å². The molecule has 30 heavy (non-hydrogen) atoms. The van der Waals surface area contributed by atoms with E-state index in [1.165, 1.54) is 35.6 Å². The Labute approximate surface area is 178 Å². The van der Waals surface area contributed by atoms with Gasteiger partial charge in [0.15, 0.2) is 11.7 Å². The zero-order valence-electron chi connectivity index (χ0n) is 16.8. The lowest BCUT2D eigenvalue weighted by Crippen LogP contribution is -2.34. The second-order valence-corrected chi connectivity index (χ2v) is 8.06. The number of rotatable bonds is 6. The second-order valence-electron chi connectivity index (χ2n) is 7.08. The number of thiazole rings is 1. The summed E-state index contributed by atoms with van der Waals surface area (Å²) in [5.41, 5.74) is 4.13. The molecule has 1 heterocycles. The Kier molecular flexibility index (Phi) is 5.77. The average molecular weight is 421 g/mol. The molecule has 0 N–H and O–H groups in total. The van der Waals surface area contributed by atoms with Crippen LogP contribution in [0, 0.1) is 19.7 Å². The van der Waals surface area contributed by atoms with Crippen molar-refractivity contribution in [3.05, 3.63) is 89.2 Å². The Morgan fingerprint density at radius 3 is 2.40 bits per heavy atom. The second kappa shape index (κ2) is 8.63. The number of ether oxygens (including phenoxy) is 1. The Balaban J connectivity index is 1.64. The summed E-state index contributed by atoms with van der Waals surface area (Å²) in [6.45, 7) is 4.30. The predicted molar refractivity (Wildman–Crippen MR) is 119 cm³/mol. The third kappa shape index (κ3) is 4.33. The van der Waals surface area contributed by atoms with Crippen molar-refractivity contribution in [1.29, 1.82) is 0 Å². The molecule has 0 spiro atoms. The molecule has 0 radical (unpaired) electrons. The van der Waals surface area contributed by atoms with Gasteiger partial charge in [-0.15, -0.1) is 0 Å². The van der Waals surface area contributed by atoms with E-state index in [1.54, 1.807) is 4.90 Å². The lowest BCUT2D eigenvalue weighted by Gasteiger charge is -2.20. The third-order valence-corrected chi connectivity index (χ3v) is 6.04. The van der Waals surface area contributed by atoms with Gasteiger partial charge in [-0.2, -0.15) is 0 Å². The molecule has 0 aliphatic rings. The lowest BCUT2D eigenvalue weighted by atomic mass is 10.1. The summed E-state index contributed by atoms with van der Waals surface area (Å²) >= 11 is 1.51. The molecular formula is C24H21FN2O2S. The molecule has 4 aromatic rings. The van der Waals surface area contributed by atoms with E-state index in [0.29, 0.717) is 17.4 Å². The van der Waals surface area contributed by atoms with E-state index in [1.807, 2.05) is 50.2 Å². The maximum absolute atomic E-state index is 13.1. The third-order valence-electron chi connectivity index (χ3n) is 4.82. The molecule has 0 saturated carbocycles. The fraction of sp³-hybridized carbons (Fsp3) is 0.167.